The largest absolute Gasteiger partial charge is 0.463 e. The molecule has 0 saturated carbocycles. The zero-order valence-corrected chi connectivity index (χ0v) is 10.0. The van der Waals surface area contributed by atoms with Crippen LogP contribution >= 0.6 is 0 Å². The van der Waals surface area contributed by atoms with Gasteiger partial charge in [0.05, 0.1) is 6.61 Å². The molecule has 0 unspecified atom stereocenters. The Bertz CT molecular complexity index is 214. The summed E-state index contributed by atoms with van der Waals surface area (Å²) in [5.41, 5.74) is 0.802. The van der Waals surface area contributed by atoms with E-state index in [-0.39, 0.29) is 11.4 Å². The van der Waals surface area contributed by atoms with Crippen LogP contribution in [0.4, 0.5) is 0 Å². The van der Waals surface area contributed by atoms with E-state index in [0.29, 0.717) is 12.2 Å². The van der Waals surface area contributed by atoms with E-state index in [1.54, 1.807) is 0 Å². The minimum absolute atomic E-state index is 0.0889. The van der Waals surface area contributed by atoms with Crippen LogP contribution in [-0.2, 0) is 9.53 Å². The first-order chi connectivity index (χ1) is 6.43. The van der Waals surface area contributed by atoms with Crippen molar-refractivity contribution in [3.63, 3.8) is 0 Å². The van der Waals surface area contributed by atoms with Crippen molar-refractivity contribution in [2.24, 2.45) is 5.41 Å². The quantitative estimate of drug-likeness (QED) is 0.500. The molecule has 0 aromatic rings. The Labute approximate surface area is 87.3 Å². The normalized spacial score (nSPS) is 12.8. The van der Waals surface area contributed by atoms with Crippen LogP contribution in [0.2, 0.25) is 0 Å². The zero-order valence-electron chi connectivity index (χ0n) is 10.0. The van der Waals surface area contributed by atoms with Gasteiger partial charge in [-0.25, -0.2) is 4.79 Å². The van der Waals surface area contributed by atoms with Crippen LogP contribution in [0.15, 0.2) is 11.6 Å². The molecule has 2 heteroatoms. The topological polar surface area (TPSA) is 26.3 Å². The number of rotatable bonds is 5. The van der Waals surface area contributed by atoms with Gasteiger partial charge in [0.2, 0.25) is 0 Å². The van der Waals surface area contributed by atoms with Gasteiger partial charge in [-0.15, -0.1) is 0 Å². The molecule has 0 heterocycles. The summed E-state index contributed by atoms with van der Waals surface area (Å²) in [6.07, 6.45) is 4.22. The maximum absolute atomic E-state index is 11.3. The van der Waals surface area contributed by atoms with Gasteiger partial charge in [0, 0.05) is 5.57 Å². The van der Waals surface area contributed by atoms with Crippen LogP contribution < -0.4 is 0 Å². The van der Waals surface area contributed by atoms with E-state index in [1.165, 1.54) is 0 Å². The minimum atomic E-state index is -0.198. The van der Waals surface area contributed by atoms with Gasteiger partial charge in [-0.1, -0.05) is 33.3 Å². The second-order valence-electron chi connectivity index (χ2n) is 4.29. The van der Waals surface area contributed by atoms with Gasteiger partial charge < -0.3 is 4.74 Å². The summed E-state index contributed by atoms with van der Waals surface area (Å²) in [4.78, 5) is 11.3. The van der Waals surface area contributed by atoms with Gasteiger partial charge >= 0.3 is 5.97 Å². The monoisotopic (exact) mass is 198 g/mol. The second kappa shape index (κ2) is 5.84. The van der Waals surface area contributed by atoms with Gasteiger partial charge in [0.25, 0.3) is 0 Å². The van der Waals surface area contributed by atoms with Crippen LogP contribution in [0.25, 0.3) is 0 Å². The van der Waals surface area contributed by atoms with Crippen LogP contribution in [0, 0.1) is 5.41 Å². The smallest absolute Gasteiger partial charge is 0.333 e. The Hall–Kier alpha value is -0.790. The van der Waals surface area contributed by atoms with Gasteiger partial charge in [0.15, 0.2) is 0 Å². The Morgan fingerprint density at radius 2 is 1.93 bits per heavy atom. The molecule has 0 saturated heterocycles. The number of carbonyl (C=O) groups is 1. The van der Waals surface area contributed by atoms with Crippen molar-refractivity contribution in [2.45, 2.75) is 47.5 Å². The molecule has 0 N–H and O–H groups in total. The van der Waals surface area contributed by atoms with E-state index in [1.807, 2.05) is 19.9 Å². The van der Waals surface area contributed by atoms with Crippen LogP contribution in [-0.4, -0.2) is 12.6 Å². The molecule has 0 radical (unpaired) electrons. The van der Waals surface area contributed by atoms with Crippen molar-refractivity contribution in [1.82, 2.24) is 0 Å². The summed E-state index contributed by atoms with van der Waals surface area (Å²) in [5.74, 6) is -0.198. The second-order valence-corrected chi connectivity index (χ2v) is 4.29. The highest BCUT2D eigenvalue weighted by Gasteiger charge is 2.16. The number of ether oxygens (including phenoxy) is 1. The molecule has 0 amide bonds. The highest BCUT2D eigenvalue weighted by atomic mass is 16.5. The highest BCUT2D eigenvalue weighted by Crippen LogP contribution is 2.25. The summed E-state index contributed by atoms with van der Waals surface area (Å²) in [6.45, 7) is 10.5. The highest BCUT2D eigenvalue weighted by molar-refractivity contribution is 5.87. The average molecular weight is 198 g/mol. The Morgan fingerprint density at radius 3 is 2.36 bits per heavy atom. The lowest BCUT2D eigenvalue weighted by molar-refractivity contribution is -0.138. The standard InChI is InChI=1S/C12H22O2/c1-6-8-12(4,5)9-10(3)11(13)14-7-2/h9H,6-8H2,1-5H3. The van der Waals surface area contributed by atoms with E-state index >= 15 is 0 Å². The maximum Gasteiger partial charge on any atom is 0.333 e. The minimum Gasteiger partial charge on any atom is -0.463 e. The Morgan fingerprint density at radius 1 is 1.36 bits per heavy atom. The fraction of sp³-hybridized carbons (Fsp3) is 0.750. The number of esters is 1. The first-order valence-electron chi connectivity index (χ1n) is 5.29. The molecule has 0 aromatic heterocycles. The van der Waals surface area contributed by atoms with Gasteiger partial charge in [-0.2, -0.15) is 0 Å². The van der Waals surface area contributed by atoms with E-state index in [0.717, 1.165) is 12.8 Å². The number of hydrogen-bond donors (Lipinski definition) is 0. The third-order valence-electron chi connectivity index (χ3n) is 2.10. The fourth-order valence-corrected chi connectivity index (χ4v) is 1.61. The lowest BCUT2D eigenvalue weighted by Crippen LogP contribution is -2.12. The molecule has 0 aliphatic heterocycles. The molecule has 82 valence electrons. The first-order valence-corrected chi connectivity index (χ1v) is 5.29. The molecule has 0 bridgehead atoms. The molecule has 0 fully saturated rings. The molecule has 0 aliphatic rings. The lowest BCUT2D eigenvalue weighted by Gasteiger charge is -2.20. The van der Waals surface area contributed by atoms with Crippen molar-refractivity contribution in [1.29, 1.82) is 0 Å². The molecular weight excluding hydrogens is 176 g/mol. The molecule has 0 aliphatic carbocycles. The van der Waals surface area contributed by atoms with Crippen LogP contribution in [0.1, 0.15) is 47.5 Å². The third-order valence-corrected chi connectivity index (χ3v) is 2.10. The summed E-state index contributed by atoms with van der Waals surface area (Å²) >= 11 is 0. The average Bonchev–Trinajstić information content (AvgIpc) is 2.03. The molecule has 0 atom stereocenters. The number of hydrogen-bond acceptors (Lipinski definition) is 2. The van der Waals surface area contributed by atoms with Crippen molar-refractivity contribution in [2.75, 3.05) is 6.61 Å². The lowest BCUT2D eigenvalue weighted by atomic mass is 9.86. The van der Waals surface area contributed by atoms with E-state index in [9.17, 15) is 4.79 Å². The van der Waals surface area contributed by atoms with Crippen molar-refractivity contribution < 1.29 is 9.53 Å². The number of carbonyl (C=O) groups excluding carboxylic acids is 1. The van der Waals surface area contributed by atoms with Gasteiger partial charge in [-0.3, -0.25) is 0 Å². The van der Waals surface area contributed by atoms with Crippen molar-refractivity contribution >= 4 is 5.97 Å². The molecule has 0 rings (SSSR count). The summed E-state index contributed by atoms with van der Waals surface area (Å²) in [5, 5.41) is 0. The van der Waals surface area contributed by atoms with Crippen molar-refractivity contribution in [3.05, 3.63) is 11.6 Å². The van der Waals surface area contributed by atoms with Crippen LogP contribution in [0.5, 0.6) is 0 Å². The van der Waals surface area contributed by atoms with E-state index in [2.05, 4.69) is 20.8 Å². The summed E-state index contributed by atoms with van der Waals surface area (Å²) in [7, 11) is 0. The molecule has 14 heavy (non-hydrogen) atoms. The molecular formula is C12H22O2. The third kappa shape index (κ3) is 5.05. The molecule has 0 spiro atoms. The fourth-order valence-electron chi connectivity index (χ4n) is 1.61. The Balaban J connectivity index is 4.41. The number of allylic oxidation sites excluding steroid dienone is 1. The molecule has 0 aromatic carbocycles. The van der Waals surface area contributed by atoms with E-state index < -0.39 is 0 Å². The van der Waals surface area contributed by atoms with Gasteiger partial charge in [-0.05, 0) is 25.7 Å². The summed E-state index contributed by atoms with van der Waals surface area (Å²) in [6, 6.07) is 0. The van der Waals surface area contributed by atoms with Gasteiger partial charge in [0.1, 0.15) is 0 Å². The predicted molar refractivity (Wildman–Crippen MR) is 59.1 cm³/mol. The maximum atomic E-state index is 11.3. The predicted octanol–water partition coefficient (Wildman–Crippen LogP) is 3.32. The van der Waals surface area contributed by atoms with Crippen molar-refractivity contribution in [3.8, 4) is 0 Å². The zero-order chi connectivity index (χ0) is 11.2. The van der Waals surface area contributed by atoms with Crippen LogP contribution in [0.3, 0.4) is 0 Å². The SMILES string of the molecule is CCCC(C)(C)C=C(C)C(=O)OCC. The summed E-state index contributed by atoms with van der Waals surface area (Å²) < 4.78 is 4.92. The molecule has 2 nitrogen and oxygen atoms in total. The Kier molecular flexibility index (Phi) is 5.51. The first kappa shape index (κ1) is 13.2. The van der Waals surface area contributed by atoms with E-state index in [4.69, 9.17) is 4.74 Å².